The van der Waals surface area contributed by atoms with Crippen molar-refractivity contribution in [2.24, 2.45) is 0 Å². The van der Waals surface area contributed by atoms with Crippen LogP contribution in [0.1, 0.15) is 12.5 Å². The summed E-state index contributed by atoms with van der Waals surface area (Å²) >= 11 is 6.20. The van der Waals surface area contributed by atoms with Crippen molar-refractivity contribution in [3.63, 3.8) is 0 Å². The molecule has 23 heavy (non-hydrogen) atoms. The van der Waals surface area contributed by atoms with Crippen LogP contribution in [0.2, 0.25) is 5.02 Å². The molecule has 0 aliphatic carbocycles. The number of halogens is 1. The first-order chi connectivity index (χ1) is 11.0. The quantitative estimate of drug-likeness (QED) is 0.603. The predicted molar refractivity (Wildman–Crippen MR) is 89.6 cm³/mol. The van der Waals surface area contributed by atoms with Crippen molar-refractivity contribution in [3.05, 3.63) is 57.1 Å². The number of ether oxygens (including phenoxy) is 2. The summed E-state index contributed by atoms with van der Waals surface area (Å²) in [6.07, 6.45) is 0. The number of anilines is 1. The molecule has 0 aromatic heterocycles. The summed E-state index contributed by atoms with van der Waals surface area (Å²) in [6, 6.07) is 9.93. The fourth-order valence-corrected chi connectivity index (χ4v) is 2.43. The van der Waals surface area contributed by atoms with Gasteiger partial charge >= 0.3 is 0 Å². The molecule has 0 atom stereocenters. The zero-order valence-electron chi connectivity index (χ0n) is 12.8. The predicted octanol–water partition coefficient (Wildman–Crippen LogP) is 4.27. The summed E-state index contributed by atoms with van der Waals surface area (Å²) in [7, 11) is 1.53. The molecule has 7 heteroatoms. The second kappa shape index (κ2) is 7.69. The third kappa shape index (κ3) is 4.26. The molecule has 0 fully saturated rings. The van der Waals surface area contributed by atoms with Crippen molar-refractivity contribution < 1.29 is 14.4 Å². The Morgan fingerprint density at radius 1 is 1.30 bits per heavy atom. The first kappa shape index (κ1) is 16.9. The minimum Gasteiger partial charge on any atom is -0.491 e. The number of nitrogens with one attached hydrogen (secondary N) is 1. The molecule has 0 amide bonds. The molecule has 122 valence electrons. The molecule has 0 unspecified atom stereocenters. The van der Waals surface area contributed by atoms with Crippen molar-refractivity contribution >= 4 is 23.0 Å². The van der Waals surface area contributed by atoms with Gasteiger partial charge < -0.3 is 14.8 Å². The van der Waals surface area contributed by atoms with E-state index in [4.69, 9.17) is 21.1 Å². The number of nitro groups is 1. The van der Waals surface area contributed by atoms with E-state index in [-0.39, 0.29) is 5.69 Å². The fourth-order valence-electron chi connectivity index (χ4n) is 2.12. The Morgan fingerprint density at radius 2 is 2.09 bits per heavy atom. The van der Waals surface area contributed by atoms with E-state index >= 15 is 0 Å². The van der Waals surface area contributed by atoms with E-state index in [0.717, 1.165) is 5.56 Å². The third-order valence-corrected chi connectivity index (χ3v) is 3.41. The molecule has 6 nitrogen and oxygen atoms in total. The largest absolute Gasteiger partial charge is 0.491 e. The minimum atomic E-state index is -0.428. The number of non-ortho nitro benzene ring substituents is 1. The van der Waals surface area contributed by atoms with Crippen LogP contribution in [0.15, 0.2) is 36.4 Å². The molecule has 0 radical (unpaired) electrons. The van der Waals surface area contributed by atoms with Gasteiger partial charge in [0, 0.05) is 24.4 Å². The van der Waals surface area contributed by atoms with Crippen molar-refractivity contribution in [1.29, 1.82) is 0 Å². The Bertz CT molecular complexity index is 706. The first-order valence-electron chi connectivity index (χ1n) is 7.02. The van der Waals surface area contributed by atoms with Gasteiger partial charge in [0.1, 0.15) is 0 Å². The zero-order chi connectivity index (χ0) is 16.8. The van der Waals surface area contributed by atoms with E-state index in [1.54, 1.807) is 18.2 Å². The van der Waals surface area contributed by atoms with Gasteiger partial charge in [0.2, 0.25) is 0 Å². The van der Waals surface area contributed by atoms with Gasteiger partial charge in [-0.1, -0.05) is 17.7 Å². The number of rotatable bonds is 7. The molecule has 0 spiro atoms. The van der Waals surface area contributed by atoms with Crippen molar-refractivity contribution in [2.75, 3.05) is 19.0 Å². The van der Waals surface area contributed by atoms with Crippen LogP contribution in [0.25, 0.3) is 0 Å². The van der Waals surface area contributed by atoms with E-state index in [0.29, 0.717) is 35.4 Å². The van der Waals surface area contributed by atoms with Gasteiger partial charge in [-0.3, -0.25) is 10.1 Å². The van der Waals surface area contributed by atoms with Gasteiger partial charge in [-0.2, -0.15) is 0 Å². The van der Waals surface area contributed by atoms with E-state index in [2.05, 4.69) is 5.32 Å². The first-order valence-corrected chi connectivity index (χ1v) is 7.40. The van der Waals surface area contributed by atoms with E-state index in [1.165, 1.54) is 19.2 Å². The van der Waals surface area contributed by atoms with E-state index in [1.807, 2.05) is 13.0 Å². The highest BCUT2D eigenvalue weighted by Crippen LogP contribution is 2.36. The Kier molecular flexibility index (Phi) is 5.65. The lowest BCUT2D eigenvalue weighted by Crippen LogP contribution is -2.02. The van der Waals surface area contributed by atoms with Crippen LogP contribution in [-0.2, 0) is 6.54 Å². The number of hydrogen-bond acceptors (Lipinski definition) is 5. The Hall–Kier alpha value is -2.47. The standard InChI is InChI=1S/C16H17ClN2O4/c1-3-23-15-8-11(7-14(17)16(15)22-2)10-18-12-5-4-6-13(9-12)19(20)21/h4-9,18H,3,10H2,1-2H3. The van der Waals surface area contributed by atoms with E-state index in [9.17, 15) is 10.1 Å². The molecule has 1 N–H and O–H groups in total. The lowest BCUT2D eigenvalue weighted by Gasteiger charge is -2.14. The SMILES string of the molecule is CCOc1cc(CNc2cccc([N+](=O)[O-])c2)cc(Cl)c1OC. The maximum absolute atomic E-state index is 10.8. The molecule has 2 aromatic rings. The van der Waals surface area contributed by atoms with Crippen LogP contribution in [0.5, 0.6) is 11.5 Å². The molecule has 0 aliphatic heterocycles. The molecule has 0 bridgehead atoms. The van der Waals surface area contributed by atoms with Crippen molar-refractivity contribution in [2.45, 2.75) is 13.5 Å². The lowest BCUT2D eigenvalue weighted by atomic mass is 10.2. The molecule has 0 saturated carbocycles. The Morgan fingerprint density at radius 3 is 2.74 bits per heavy atom. The third-order valence-electron chi connectivity index (χ3n) is 3.13. The van der Waals surface area contributed by atoms with Crippen LogP contribution in [0, 0.1) is 10.1 Å². The normalized spacial score (nSPS) is 10.2. The van der Waals surface area contributed by atoms with Gasteiger partial charge in [-0.25, -0.2) is 0 Å². The summed E-state index contributed by atoms with van der Waals surface area (Å²) in [5.74, 6) is 1.06. The maximum Gasteiger partial charge on any atom is 0.271 e. The molecule has 0 saturated heterocycles. The number of nitrogens with zero attached hydrogens (tertiary/aromatic N) is 1. The molecular formula is C16H17ClN2O4. The second-order valence-corrected chi connectivity index (χ2v) is 5.11. The zero-order valence-corrected chi connectivity index (χ0v) is 13.6. The maximum atomic E-state index is 10.8. The number of nitro benzene ring substituents is 1. The molecule has 2 rings (SSSR count). The average molecular weight is 337 g/mol. The van der Waals surface area contributed by atoms with Crippen LogP contribution < -0.4 is 14.8 Å². The van der Waals surface area contributed by atoms with Crippen molar-refractivity contribution in [1.82, 2.24) is 0 Å². The van der Waals surface area contributed by atoms with Gasteiger partial charge in [0.05, 0.1) is 23.7 Å². The van der Waals surface area contributed by atoms with Gasteiger partial charge in [-0.05, 0) is 30.7 Å². The Labute approximate surface area is 139 Å². The summed E-state index contributed by atoms with van der Waals surface area (Å²) in [5.41, 5.74) is 1.58. The number of benzene rings is 2. The summed E-state index contributed by atoms with van der Waals surface area (Å²) < 4.78 is 10.8. The highest BCUT2D eigenvalue weighted by Gasteiger charge is 2.12. The van der Waals surface area contributed by atoms with Crippen LogP contribution in [0.3, 0.4) is 0 Å². The summed E-state index contributed by atoms with van der Waals surface area (Å²) in [4.78, 5) is 10.4. The molecule has 0 heterocycles. The monoisotopic (exact) mass is 336 g/mol. The average Bonchev–Trinajstić information content (AvgIpc) is 2.53. The number of methoxy groups -OCH3 is 1. The van der Waals surface area contributed by atoms with Crippen molar-refractivity contribution in [3.8, 4) is 11.5 Å². The molecular weight excluding hydrogens is 320 g/mol. The molecule has 2 aromatic carbocycles. The van der Waals surface area contributed by atoms with Crippen LogP contribution in [0.4, 0.5) is 11.4 Å². The van der Waals surface area contributed by atoms with Crippen LogP contribution >= 0.6 is 11.6 Å². The summed E-state index contributed by atoms with van der Waals surface area (Å²) in [5, 5.41) is 14.4. The van der Waals surface area contributed by atoms with Crippen LogP contribution in [-0.4, -0.2) is 18.6 Å². The fraction of sp³-hybridized carbons (Fsp3) is 0.250. The second-order valence-electron chi connectivity index (χ2n) is 4.70. The topological polar surface area (TPSA) is 73.6 Å². The smallest absolute Gasteiger partial charge is 0.271 e. The summed E-state index contributed by atoms with van der Waals surface area (Å²) in [6.45, 7) is 2.82. The molecule has 0 aliphatic rings. The minimum absolute atomic E-state index is 0.0396. The van der Waals surface area contributed by atoms with Gasteiger partial charge in [-0.15, -0.1) is 0 Å². The Balaban J connectivity index is 2.17. The lowest BCUT2D eigenvalue weighted by molar-refractivity contribution is -0.384. The highest BCUT2D eigenvalue weighted by atomic mass is 35.5. The number of hydrogen-bond donors (Lipinski definition) is 1. The van der Waals surface area contributed by atoms with Gasteiger partial charge in [0.15, 0.2) is 11.5 Å². The highest BCUT2D eigenvalue weighted by molar-refractivity contribution is 6.32. The van der Waals surface area contributed by atoms with Gasteiger partial charge in [0.25, 0.3) is 5.69 Å². The van der Waals surface area contributed by atoms with E-state index < -0.39 is 4.92 Å².